The molecule has 0 spiro atoms. The van der Waals surface area contributed by atoms with E-state index in [-0.39, 0.29) is 10.8 Å². The minimum atomic E-state index is -3.82. The molecule has 0 aromatic heterocycles. The number of nitrogens with zero attached hydrogens (tertiary/aromatic N) is 1. The maximum absolute atomic E-state index is 12.9. The van der Waals surface area contributed by atoms with E-state index in [4.69, 9.17) is 4.74 Å². The highest BCUT2D eigenvalue weighted by atomic mass is 32.2. The second kappa shape index (κ2) is 10.9. The van der Waals surface area contributed by atoms with Gasteiger partial charge in [-0.25, -0.2) is 8.42 Å². The lowest BCUT2D eigenvalue weighted by Gasteiger charge is -2.26. The van der Waals surface area contributed by atoms with Gasteiger partial charge in [0, 0.05) is 17.8 Å². The van der Waals surface area contributed by atoms with Crippen LogP contribution in [0.3, 0.4) is 0 Å². The smallest absolute Gasteiger partial charge is 0.262 e. The van der Waals surface area contributed by atoms with Gasteiger partial charge in [0.2, 0.25) is 0 Å². The van der Waals surface area contributed by atoms with Gasteiger partial charge >= 0.3 is 0 Å². The molecule has 1 fully saturated rings. The van der Waals surface area contributed by atoms with Crippen LogP contribution >= 0.6 is 0 Å². The maximum Gasteiger partial charge on any atom is 0.262 e. The lowest BCUT2D eigenvalue weighted by molar-refractivity contribution is 0.102. The van der Waals surface area contributed by atoms with Crippen LogP contribution in [0.4, 0.5) is 11.4 Å². The standard InChI is InChI=1S/C27H31N3O4S/c1-20-6-15-26(34-2)25(18-20)29-35(32,33)24-13-11-23(12-14-24)28-27(31)22-9-7-21(8-10-22)19-30-16-4-3-5-17-30/h6-15,18,29H,3-5,16-17,19H2,1-2H3,(H,28,31). The number of piperidine rings is 1. The first-order valence-corrected chi connectivity index (χ1v) is 13.2. The van der Waals surface area contributed by atoms with E-state index in [9.17, 15) is 13.2 Å². The second-order valence-corrected chi connectivity index (χ2v) is 10.5. The molecule has 0 aliphatic carbocycles. The number of nitrogens with one attached hydrogen (secondary N) is 2. The highest BCUT2D eigenvalue weighted by Gasteiger charge is 2.17. The number of carbonyl (C=O) groups excluding carboxylic acids is 1. The Kier molecular flexibility index (Phi) is 7.73. The molecule has 8 heteroatoms. The van der Waals surface area contributed by atoms with Gasteiger partial charge in [0.25, 0.3) is 15.9 Å². The quantitative estimate of drug-likeness (QED) is 0.459. The van der Waals surface area contributed by atoms with Crippen LogP contribution < -0.4 is 14.8 Å². The molecule has 184 valence electrons. The number of aryl methyl sites for hydroxylation is 1. The number of sulfonamides is 1. The summed E-state index contributed by atoms with van der Waals surface area (Å²) >= 11 is 0. The number of methoxy groups -OCH3 is 1. The first-order chi connectivity index (χ1) is 16.8. The number of anilines is 2. The summed E-state index contributed by atoms with van der Waals surface area (Å²) in [6.45, 7) is 5.03. The van der Waals surface area contributed by atoms with E-state index in [0.29, 0.717) is 22.7 Å². The van der Waals surface area contributed by atoms with Crippen LogP contribution in [0.15, 0.2) is 71.6 Å². The summed E-state index contributed by atoms with van der Waals surface area (Å²) in [4.78, 5) is 15.2. The molecular formula is C27H31N3O4S. The van der Waals surface area contributed by atoms with E-state index in [2.05, 4.69) is 14.9 Å². The fourth-order valence-electron chi connectivity index (χ4n) is 4.16. The molecule has 1 heterocycles. The van der Waals surface area contributed by atoms with Crippen molar-refractivity contribution in [2.75, 3.05) is 30.2 Å². The SMILES string of the molecule is COc1ccc(C)cc1NS(=O)(=O)c1ccc(NC(=O)c2ccc(CN3CCCCC3)cc2)cc1. The van der Waals surface area contributed by atoms with Gasteiger partial charge in [-0.15, -0.1) is 0 Å². The van der Waals surface area contributed by atoms with E-state index in [1.165, 1.54) is 44.1 Å². The summed E-state index contributed by atoms with van der Waals surface area (Å²) in [7, 11) is -2.34. The Labute approximate surface area is 207 Å². The molecular weight excluding hydrogens is 462 g/mol. The van der Waals surface area contributed by atoms with Crippen molar-refractivity contribution >= 4 is 27.3 Å². The molecule has 0 saturated carbocycles. The molecule has 4 rings (SSSR count). The number of likely N-dealkylation sites (tertiary alicyclic amines) is 1. The first-order valence-electron chi connectivity index (χ1n) is 11.7. The fraction of sp³-hybridized carbons (Fsp3) is 0.296. The third-order valence-corrected chi connectivity index (χ3v) is 7.47. The summed E-state index contributed by atoms with van der Waals surface area (Å²) in [6, 6.07) is 19.0. The van der Waals surface area contributed by atoms with Crippen LogP contribution in [0.25, 0.3) is 0 Å². The Morgan fingerprint density at radius 2 is 1.63 bits per heavy atom. The highest BCUT2D eigenvalue weighted by Crippen LogP contribution is 2.28. The van der Waals surface area contributed by atoms with Gasteiger partial charge in [-0.2, -0.15) is 0 Å². The zero-order valence-corrected chi connectivity index (χ0v) is 20.9. The van der Waals surface area contributed by atoms with Gasteiger partial charge in [-0.05, 0) is 92.5 Å². The predicted molar refractivity (Wildman–Crippen MR) is 139 cm³/mol. The number of rotatable bonds is 8. The average Bonchev–Trinajstić information content (AvgIpc) is 2.85. The van der Waals surface area contributed by atoms with E-state index in [1.54, 1.807) is 24.3 Å². The number of hydrogen-bond donors (Lipinski definition) is 2. The topological polar surface area (TPSA) is 87.7 Å². The van der Waals surface area contributed by atoms with Gasteiger partial charge < -0.3 is 10.1 Å². The minimum Gasteiger partial charge on any atom is -0.495 e. The highest BCUT2D eigenvalue weighted by molar-refractivity contribution is 7.92. The molecule has 0 bridgehead atoms. The molecule has 1 amide bonds. The van der Waals surface area contributed by atoms with Gasteiger partial charge in [0.05, 0.1) is 17.7 Å². The van der Waals surface area contributed by atoms with Crippen molar-refractivity contribution < 1.29 is 17.9 Å². The van der Waals surface area contributed by atoms with E-state index < -0.39 is 10.0 Å². The molecule has 35 heavy (non-hydrogen) atoms. The zero-order chi connectivity index (χ0) is 24.8. The molecule has 7 nitrogen and oxygen atoms in total. The summed E-state index contributed by atoms with van der Waals surface area (Å²) in [5, 5.41) is 2.83. The van der Waals surface area contributed by atoms with Crippen LogP contribution in [-0.2, 0) is 16.6 Å². The first kappa shape index (κ1) is 24.8. The van der Waals surface area contributed by atoms with Crippen LogP contribution in [-0.4, -0.2) is 39.4 Å². The molecule has 2 N–H and O–H groups in total. The number of ether oxygens (including phenoxy) is 1. The summed E-state index contributed by atoms with van der Waals surface area (Å²) in [5.41, 5.74) is 3.53. The van der Waals surface area contributed by atoms with Crippen molar-refractivity contribution in [3.05, 3.63) is 83.4 Å². The molecule has 3 aromatic carbocycles. The number of benzene rings is 3. The van der Waals surface area contributed by atoms with Crippen LogP contribution in [0.1, 0.15) is 40.7 Å². The number of carbonyl (C=O) groups is 1. The molecule has 1 aliphatic heterocycles. The van der Waals surface area contributed by atoms with Gasteiger partial charge in [0.1, 0.15) is 5.75 Å². The fourth-order valence-corrected chi connectivity index (χ4v) is 5.22. The van der Waals surface area contributed by atoms with Crippen LogP contribution in [0, 0.1) is 6.92 Å². The summed E-state index contributed by atoms with van der Waals surface area (Å²) in [5.74, 6) is 0.192. The third kappa shape index (κ3) is 6.41. The molecule has 1 saturated heterocycles. The normalized spacial score (nSPS) is 14.3. The van der Waals surface area contributed by atoms with Crippen molar-refractivity contribution in [2.24, 2.45) is 0 Å². The maximum atomic E-state index is 12.9. The Balaban J connectivity index is 1.38. The van der Waals surface area contributed by atoms with Gasteiger partial charge in [0.15, 0.2) is 0 Å². The molecule has 0 radical (unpaired) electrons. The van der Waals surface area contributed by atoms with Crippen molar-refractivity contribution in [1.29, 1.82) is 0 Å². The Bertz CT molecular complexity index is 1270. The van der Waals surface area contributed by atoms with E-state index in [1.807, 2.05) is 37.3 Å². The van der Waals surface area contributed by atoms with Crippen molar-refractivity contribution in [1.82, 2.24) is 4.90 Å². The Morgan fingerprint density at radius 1 is 0.943 bits per heavy atom. The van der Waals surface area contributed by atoms with Gasteiger partial charge in [-0.1, -0.05) is 24.6 Å². The monoisotopic (exact) mass is 493 g/mol. The average molecular weight is 494 g/mol. The molecule has 1 aliphatic rings. The Morgan fingerprint density at radius 3 is 2.29 bits per heavy atom. The van der Waals surface area contributed by atoms with Crippen molar-refractivity contribution in [3.63, 3.8) is 0 Å². The zero-order valence-electron chi connectivity index (χ0n) is 20.1. The van der Waals surface area contributed by atoms with E-state index in [0.717, 1.165) is 25.2 Å². The van der Waals surface area contributed by atoms with E-state index >= 15 is 0 Å². The minimum absolute atomic E-state index is 0.0844. The van der Waals surface area contributed by atoms with Crippen LogP contribution in [0.2, 0.25) is 0 Å². The van der Waals surface area contributed by atoms with Crippen molar-refractivity contribution in [3.8, 4) is 5.75 Å². The van der Waals surface area contributed by atoms with Crippen LogP contribution in [0.5, 0.6) is 5.75 Å². The lowest BCUT2D eigenvalue weighted by Crippen LogP contribution is -2.29. The molecule has 3 aromatic rings. The summed E-state index contributed by atoms with van der Waals surface area (Å²) in [6.07, 6.45) is 3.80. The Hall–Kier alpha value is -3.36. The summed E-state index contributed by atoms with van der Waals surface area (Å²) < 4.78 is 33.5. The third-order valence-electron chi connectivity index (χ3n) is 6.09. The number of hydrogen-bond acceptors (Lipinski definition) is 5. The molecule has 0 unspecified atom stereocenters. The second-order valence-electron chi connectivity index (χ2n) is 8.82. The predicted octanol–water partition coefficient (Wildman–Crippen LogP) is 5.04. The van der Waals surface area contributed by atoms with Gasteiger partial charge in [-0.3, -0.25) is 14.4 Å². The molecule has 0 atom stereocenters. The lowest BCUT2D eigenvalue weighted by atomic mass is 10.1. The largest absolute Gasteiger partial charge is 0.495 e. The van der Waals surface area contributed by atoms with Crippen molar-refractivity contribution in [2.45, 2.75) is 37.6 Å². The number of amides is 1.